The molecular formula is C19H16N2O3S2. The molecule has 0 fully saturated rings. The van der Waals surface area contributed by atoms with E-state index in [9.17, 15) is 13.2 Å². The summed E-state index contributed by atoms with van der Waals surface area (Å²) < 4.78 is 27.8. The lowest BCUT2D eigenvalue weighted by molar-refractivity contribution is 0.101. The van der Waals surface area contributed by atoms with Crippen LogP contribution in [0.4, 0.5) is 5.13 Å². The summed E-state index contributed by atoms with van der Waals surface area (Å²) in [5.41, 5.74) is 3.65. The standard InChI is InChI=1S/C19H16N2O3S2/c1-12(22)13-6-9-15(10-7-13)26(23,24)21-19-20-18-16-5-3-2-4-14(16)8-11-17(18)25-19/h2-7,9-10H,8,11H2,1H3,(H,20,21). The van der Waals surface area contributed by atoms with Gasteiger partial charge in [-0.3, -0.25) is 9.52 Å². The number of fused-ring (bicyclic) bond motifs is 3. The van der Waals surface area contributed by atoms with Crippen LogP contribution in [-0.2, 0) is 22.9 Å². The number of thiazole rings is 1. The first-order chi connectivity index (χ1) is 12.4. The number of sulfonamides is 1. The second-order valence-electron chi connectivity index (χ2n) is 6.13. The van der Waals surface area contributed by atoms with Gasteiger partial charge in [-0.2, -0.15) is 0 Å². The van der Waals surface area contributed by atoms with Crippen molar-refractivity contribution in [3.8, 4) is 11.3 Å². The lowest BCUT2D eigenvalue weighted by Gasteiger charge is -2.13. The lowest BCUT2D eigenvalue weighted by Crippen LogP contribution is -2.13. The van der Waals surface area contributed by atoms with Crippen LogP contribution in [0.3, 0.4) is 0 Å². The van der Waals surface area contributed by atoms with Crippen LogP contribution in [0.1, 0.15) is 27.7 Å². The van der Waals surface area contributed by atoms with E-state index in [1.165, 1.54) is 48.1 Å². The molecule has 26 heavy (non-hydrogen) atoms. The van der Waals surface area contributed by atoms with E-state index in [0.717, 1.165) is 29.0 Å². The molecule has 0 amide bonds. The number of carbonyl (C=O) groups excluding carboxylic acids is 1. The molecular weight excluding hydrogens is 368 g/mol. The maximum atomic E-state index is 12.6. The molecule has 1 aliphatic carbocycles. The van der Waals surface area contributed by atoms with Crippen LogP contribution in [0, 0.1) is 0 Å². The first-order valence-corrected chi connectivity index (χ1v) is 10.5. The van der Waals surface area contributed by atoms with E-state index in [1.54, 1.807) is 0 Å². The van der Waals surface area contributed by atoms with Gasteiger partial charge in [-0.15, -0.1) is 11.3 Å². The summed E-state index contributed by atoms with van der Waals surface area (Å²) in [7, 11) is -3.75. The zero-order valence-corrected chi connectivity index (χ0v) is 15.7. The molecule has 0 aliphatic heterocycles. The van der Waals surface area contributed by atoms with Gasteiger partial charge in [0, 0.05) is 16.0 Å². The van der Waals surface area contributed by atoms with Crippen LogP contribution in [0.15, 0.2) is 53.4 Å². The Hall–Kier alpha value is -2.51. The first kappa shape index (κ1) is 16.9. The van der Waals surface area contributed by atoms with E-state index < -0.39 is 10.0 Å². The van der Waals surface area contributed by atoms with Crippen molar-refractivity contribution in [2.45, 2.75) is 24.7 Å². The van der Waals surface area contributed by atoms with Gasteiger partial charge >= 0.3 is 0 Å². The number of rotatable bonds is 4. The van der Waals surface area contributed by atoms with E-state index in [0.29, 0.717) is 10.7 Å². The summed E-state index contributed by atoms with van der Waals surface area (Å²) in [6.45, 7) is 1.44. The SMILES string of the molecule is CC(=O)c1ccc(S(=O)(=O)Nc2nc3c(s2)CCc2ccccc2-3)cc1. The Kier molecular flexibility index (Phi) is 4.13. The quantitative estimate of drug-likeness (QED) is 0.692. The van der Waals surface area contributed by atoms with Gasteiger partial charge in [0.1, 0.15) is 0 Å². The van der Waals surface area contributed by atoms with Crippen LogP contribution >= 0.6 is 11.3 Å². The highest BCUT2D eigenvalue weighted by molar-refractivity contribution is 7.93. The summed E-state index contributed by atoms with van der Waals surface area (Å²) in [4.78, 5) is 17.1. The topological polar surface area (TPSA) is 76.1 Å². The Balaban J connectivity index is 1.64. The Morgan fingerprint density at radius 3 is 2.54 bits per heavy atom. The third kappa shape index (κ3) is 3.04. The van der Waals surface area contributed by atoms with Gasteiger partial charge in [-0.25, -0.2) is 13.4 Å². The molecule has 1 aromatic heterocycles. The maximum Gasteiger partial charge on any atom is 0.263 e. The van der Waals surface area contributed by atoms with Crippen LogP contribution in [0.2, 0.25) is 0 Å². The van der Waals surface area contributed by atoms with E-state index in [-0.39, 0.29) is 10.7 Å². The van der Waals surface area contributed by atoms with Crippen molar-refractivity contribution < 1.29 is 13.2 Å². The fourth-order valence-electron chi connectivity index (χ4n) is 3.04. The molecule has 7 heteroatoms. The Bertz CT molecular complexity index is 1100. The fraction of sp³-hybridized carbons (Fsp3) is 0.158. The predicted octanol–water partition coefficient (Wildman–Crippen LogP) is 3.91. The van der Waals surface area contributed by atoms with Crippen LogP contribution in [-0.4, -0.2) is 19.2 Å². The van der Waals surface area contributed by atoms with Crippen molar-refractivity contribution in [3.63, 3.8) is 0 Å². The number of hydrogen-bond donors (Lipinski definition) is 1. The minimum Gasteiger partial charge on any atom is -0.295 e. The maximum absolute atomic E-state index is 12.6. The molecule has 0 saturated heterocycles. The Morgan fingerprint density at radius 2 is 1.81 bits per heavy atom. The normalized spacial score (nSPS) is 13.0. The molecule has 0 saturated carbocycles. The second kappa shape index (κ2) is 6.34. The smallest absolute Gasteiger partial charge is 0.263 e. The number of nitrogens with one attached hydrogen (secondary N) is 1. The number of hydrogen-bond acceptors (Lipinski definition) is 5. The average molecular weight is 384 g/mol. The molecule has 5 nitrogen and oxygen atoms in total. The summed E-state index contributed by atoms with van der Waals surface area (Å²) >= 11 is 1.37. The molecule has 0 unspecified atom stereocenters. The van der Waals surface area contributed by atoms with Crippen molar-refractivity contribution in [2.75, 3.05) is 4.72 Å². The largest absolute Gasteiger partial charge is 0.295 e. The Labute approximate surface area is 155 Å². The summed E-state index contributed by atoms with van der Waals surface area (Å²) in [6.07, 6.45) is 1.79. The predicted molar refractivity (Wildman–Crippen MR) is 102 cm³/mol. The zero-order valence-electron chi connectivity index (χ0n) is 14.0. The number of aromatic nitrogens is 1. The summed E-state index contributed by atoms with van der Waals surface area (Å²) in [5.74, 6) is -0.104. The van der Waals surface area contributed by atoms with Crippen molar-refractivity contribution >= 4 is 32.3 Å². The van der Waals surface area contributed by atoms with Crippen molar-refractivity contribution in [1.29, 1.82) is 0 Å². The molecule has 0 atom stereocenters. The number of ketones is 1. The molecule has 1 aliphatic rings. The molecule has 0 spiro atoms. The number of nitrogens with zero attached hydrogens (tertiary/aromatic N) is 1. The van der Waals surface area contributed by atoms with Crippen molar-refractivity contribution in [1.82, 2.24) is 4.98 Å². The highest BCUT2D eigenvalue weighted by atomic mass is 32.2. The van der Waals surface area contributed by atoms with Gasteiger partial charge in [0.15, 0.2) is 10.9 Å². The van der Waals surface area contributed by atoms with Gasteiger partial charge in [0.2, 0.25) is 0 Å². The van der Waals surface area contributed by atoms with Crippen LogP contribution < -0.4 is 4.72 Å². The lowest BCUT2D eigenvalue weighted by atomic mass is 9.94. The molecule has 132 valence electrons. The zero-order chi connectivity index (χ0) is 18.3. The minimum atomic E-state index is -3.75. The van der Waals surface area contributed by atoms with Crippen molar-refractivity contribution in [3.05, 3.63) is 64.5 Å². The van der Waals surface area contributed by atoms with E-state index in [1.807, 2.05) is 18.2 Å². The molecule has 3 aromatic rings. The molecule has 4 rings (SSSR count). The second-order valence-corrected chi connectivity index (χ2v) is 8.90. The molecule has 2 aromatic carbocycles. The van der Waals surface area contributed by atoms with Crippen LogP contribution in [0.5, 0.6) is 0 Å². The third-order valence-corrected chi connectivity index (χ3v) is 6.90. The molecule has 1 heterocycles. The first-order valence-electron chi connectivity index (χ1n) is 8.16. The van der Waals surface area contributed by atoms with Gasteiger partial charge < -0.3 is 0 Å². The van der Waals surface area contributed by atoms with E-state index in [4.69, 9.17) is 0 Å². The van der Waals surface area contributed by atoms with Gasteiger partial charge in [-0.1, -0.05) is 36.4 Å². The Morgan fingerprint density at radius 1 is 1.08 bits per heavy atom. The number of Topliss-reactive ketones (excluding diaryl/α,β-unsaturated/α-hetero) is 1. The fourth-order valence-corrected chi connectivity index (χ4v) is 5.25. The van der Waals surface area contributed by atoms with Crippen LogP contribution in [0.25, 0.3) is 11.3 Å². The van der Waals surface area contributed by atoms with Gasteiger partial charge in [0.25, 0.3) is 10.0 Å². The number of benzene rings is 2. The minimum absolute atomic E-state index is 0.104. The summed E-state index contributed by atoms with van der Waals surface area (Å²) in [5, 5.41) is 0.363. The van der Waals surface area contributed by atoms with Gasteiger partial charge in [-0.05, 0) is 37.5 Å². The summed E-state index contributed by atoms with van der Waals surface area (Å²) in [6, 6.07) is 14.0. The highest BCUT2D eigenvalue weighted by Gasteiger charge is 2.23. The highest BCUT2D eigenvalue weighted by Crippen LogP contribution is 2.38. The molecule has 0 radical (unpaired) electrons. The number of anilines is 1. The average Bonchev–Trinajstić information content (AvgIpc) is 3.04. The molecule has 1 N–H and O–H groups in total. The van der Waals surface area contributed by atoms with E-state index >= 15 is 0 Å². The monoisotopic (exact) mass is 384 g/mol. The third-order valence-electron chi connectivity index (χ3n) is 4.38. The number of carbonyl (C=O) groups is 1. The van der Waals surface area contributed by atoms with Gasteiger partial charge in [0.05, 0.1) is 10.6 Å². The number of aryl methyl sites for hydroxylation is 2. The molecule has 0 bridgehead atoms. The van der Waals surface area contributed by atoms with Crippen molar-refractivity contribution in [2.24, 2.45) is 0 Å². The van der Waals surface area contributed by atoms with E-state index in [2.05, 4.69) is 15.8 Å².